The van der Waals surface area contributed by atoms with Gasteiger partial charge in [0.1, 0.15) is 16.6 Å². The van der Waals surface area contributed by atoms with Crippen LogP contribution in [0.4, 0.5) is 0 Å². The molecule has 2 amide bonds. The van der Waals surface area contributed by atoms with E-state index in [-0.39, 0.29) is 25.7 Å². The number of hydrogen-bond acceptors (Lipinski definition) is 4. The molecule has 6 aromatic carbocycles. The van der Waals surface area contributed by atoms with Gasteiger partial charge < -0.3 is 20.8 Å². The first-order valence-corrected chi connectivity index (χ1v) is 19.7. The minimum absolute atomic E-state index is 0.187. The van der Waals surface area contributed by atoms with E-state index in [0.717, 1.165) is 17.5 Å². The van der Waals surface area contributed by atoms with Crippen LogP contribution >= 0.6 is 0 Å². The quantitative estimate of drug-likeness (QED) is 0.0977. The first kappa shape index (κ1) is 38.5. The van der Waals surface area contributed by atoms with E-state index in [1.54, 1.807) is 4.90 Å². The summed E-state index contributed by atoms with van der Waals surface area (Å²) in [4.78, 5) is 32.1. The molecule has 0 unspecified atom stereocenters. The van der Waals surface area contributed by atoms with Gasteiger partial charge in [0.15, 0.2) is 0 Å². The largest absolute Gasteiger partial charge is 0.378 e. The van der Waals surface area contributed by atoms with Crippen molar-refractivity contribution in [2.45, 2.75) is 68.2 Å². The summed E-state index contributed by atoms with van der Waals surface area (Å²) in [6.45, 7) is 0. The molecule has 0 spiro atoms. The summed E-state index contributed by atoms with van der Waals surface area (Å²) in [5, 5.41) is 27.9. The predicted molar refractivity (Wildman–Crippen MR) is 221 cm³/mol. The molecule has 6 heteroatoms. The van der Waals surface area contributed by atoms with Crippen molar-refractivity contribution in [1.29, 1.82) is 0 Å². The van der Waals surface area contributed by atoms with Gasteiger partial charge in [-0.1, -0.05) is 201 Å². The Morgan fingerprint density at radius 1 is 0.500 bits per heavy atom. The van der Waals surface area contributed by atoms with Crippen LogP contribution in [0.1, 0.15) is 65.5 Å². The Bertz CT molecular complexity index is 1940. The lowest BCUT2D eigenvalue weighted by atomic mass is 9.68. The molecule has 6 aromatic rings. The van der Waals surface area contributed by atoms with Crippen molar-refractivity contribution in [2.24, 2.45) is 11.1 Å². The number of primary amides is 1. The molecule has 0 radical (unpaired) electrons. The van der Waals surface area contributed by atoms with Crippen LogP contribution in [0.5, 0.6) is 0 Å². The van der Waals surface area contributed by atoms with Crippen LogP contribution in [-0.2, 0) is 33.6 Å². The van der Waals surface area contributed by atoms with Crippen LogP contribution in [0, 0.1) is 5.41 Å². The summed E-state index contributed by atoms with van der Waals surface area (Å²) >= 11 is 0. The lowest BCUT2D eigenvalue weighted by molar-refractivity contribution is -0.169. The fourth-order valence-corrected chi connectivity index (χ4v) is 8.91. The van der Waals surface area contributed by atoms with E-state index < -0.39 is 40.5 Å². The van der Waals surface area contributed by atoms with Gasteiger partial charge in [-0.2, -0.15) is 0 Å². The number of benzene rings is 6. The summed E-state index contributed by atoms with van der Waals surface area (Å²) in [5.74, 6) is -1.17. The molecule has 0 bridgehead atoms. The summed E-state index contributed by atoms with van der Waals surface area (Å²) < 4.78 is 0. The smallest absolute Gasteiger partial charge is 0.239 e. The number of aliphatic hydroxyl groups is 2. The van der Waals surface area contributed by atoms with E-state index >= 15 is 4.79 Å². The average Bonchev–Trinajstić information content (AvgIpc) is 3.27. The van der Waals surface area contributed by atoms with Gasteiger partial charge in [0, 0.05) is 0 Å². The Balaban J connectivity index is 1.61. The fourth-order valence-electron chi connectivity index (χ4n) is 8.91. The zero-order valence-corrected chi connectivity index (χ0v) is 31.7. The number of amides is 2. The summed E-state index contributed by atoms with van der Waals surface area (Å²) in [5.41, 5.74) is 5.18. The molecule has 0 heterocycles. The predicted octanol–water partition coefficient (Wildman–Crippen LogP) is 8.35. The molecule has 2 atom stereocenters. The molecule has 1 aliphatic rings. The van der Waals surface area contributed by atoms with Gasteiger partial charge in [0.2, 0.25) is 11.8 Å². The van der Waals surface area contributed by atoms with Crippen LogP contribution in [0.25, 0.3) is 0 Å². The molecule has 284 valence electrons. The first-order chi connectivity index (χ1) is 27.3. The topological polar surface area (TPSA) is 104 Å². The molecule has 1 aliphatic carbocycles. The molecular weight excluding hydrogens is 693 g/mol. The van der Waals surface area contributed by atoms with Crippen molar-refractivity contribution in [3.63, 3.8) is 0 Å². The second-order valence-corrected chi connectivity index (χ2v) is 15.1. The third-order valence-corrected chi connectivity index (χ3v) is 11.9. The Hall–Kier alpha value is -5.82. The molecule has 6 nitrogen and oxygen atoms in total. The van der Waals surface area contributed by atoms with E-state index in [2.05, 4.69) is 0 Å². The number of carbonyl (C=O) groups excluding carboxylic acids is 2. The molecular formula is C50H50N2O4. The van der Waals surface area contributed by atoms with E-state index in [4.69, 9.17) is 5.73 Å². The highest BCUT2D eigenvalue weighted by atomic mass is 16.3. The van der Waals surface area contributed by atoms with Crippen molar-refractivity contribution >= 4 is 11.8 Å². The monoisotopic (exact) mass is 742 g/mol. The molecule has 7 rings (SSSR count). The minimum Gasteiger partial charge on any atom is -0.378 e. The van der Waals surface area contributed by atoms with Crippen LogP contribution in [0.15, 0.2) is 182 Å². The standard InChI is InChI=1S/C50H50N2O4/c51-46(53)48(34-20-7-21-35-48)47(54)52(44(36-38-22-8-1-9-23-38)49(55,40-26-12-3-13-27-40)41-28-14-4-15-29-41)45(37-39-24-10-2-11-25-39)50(56,42-30-16-5-17-31-42)43-32-18-6-19-33-43/h1-6,8-19,22-33,44-45,55-56H,7,20-21,34-37H2,(H2,51,53)/t44-,45-/m1/s1. The number of nitrogens with two attached hydrogens (primary N) is 1. The van der Waals surface area contributed by atoms with E-state index in [9.17, 15) is 15.0 Å². The first-order valence-electron chi connectivity index (χ1n) is 19.7. The van der Waals surface area contributed by atoms with Crippen molar-refractivity contribution in [3.8, 4) is 0 Å². The number of hydrogen-bond donors (Lipinski definition) is 3. The van der Waals surface area contributed by atoms with E-state index in [0.29, 0.717) is 35.1 Å². The van der Waals surface area contributed by atoms with Crippen molar-refractivity contribution in [3.05, 3.63) is 215 Å². The SMILES string of the molecule is NC(=O)C1(C(=O)N([C@H](Cc2ccccc2)C(O)(c2ccccc2)c2ccccc2)[C@H](Cc2ccccc2)C(O)(c2ccccc2)c2ccccc2)CCCCC1. The summed E-state index contributed by atoms with van der Waals surface area (Å²) in [6, 6.07) is 55.2. The van der Waals surface area contributed by atoms with Crippen LogP contribution in [0.2, 0.25) is 0 Å². The van der Waals surface area contributed by atoms with Gasteiger partial charge in [-0.05, 0) is 59.1 Å². The molecule has 1 saturated carbocycles. The van der Waals surface area contributed by atoms with Gasteiger partial charge in [-0.15, -0.1) is 0 Å². The van der Waals surface area contributed by atoms with Crippen LogP contribution in [-0.4, -0.2) is 39.0 Å². The van der Waals surface area contributed by atoms with Crippen LogP contribution < -0.4 is 5.73 Å². The van der Waals surface area contributed by atoms with Crippen molar-refractivity contribution < 1.29 is 19.8 Å². The Labute approximate surface area is 330 Å². The third kappa shape index (κ3) is 7.43. The summed E-state index contributed by atoms with van der Waals surface area (Å²) in [7, 11) is 0. The Morgan fingerprint density at radius 2 is 0.786 bits per heavy atom. The zero-order valence-electron chi connectivity index (χ0n) is 31.7. The normalized spacial score (nSPS) is 15.3. The highest BCUT2D eigenvalue weighted by Gasteiger charge is 2.58. The second-order valence-electron chi connectivity index (χ2n) is 15.1. The molecule has 56 heavy (non-hydrogen) atoms. The molecule has 4 N–H and O–H groups in total. The highest BCUT2D eigenvalue weighted by molar-refractivity contribution is 6.05. The zero-order chi connectivity index (χ0) is 39.0. The second kappa shape index (κ2) is 16.9. The lowest BCUT2D eigenvalue weighted by Gasteiger charge is -2.53. The van der Waals surface area contributed by atoms with Crippen molar-refractivity contribution in [2.75, 3.05) is 0 Å². The maximum atomic E-state index is 16.3. The average molecular weight is 743 g/mol. The highest BCUT2D eigenvalue weighted by Crippen LogP contribution is 2.47. The fraction of sp³-hybridized carbons (Fsp3) is 0.240. The van der Waals surface area contributed by atoms with Gasteiger partial charge in [-0.25, -0.2) is 0 Å². The van der Waals surface area contributed by atoms with Gasteiger partial charge in [0.25, 0.3) is 0 Å². The Morgan fingerprint density at radius 3 is 1.07 bits per heavy atom. The summed E-state index contributed by atoms with van der Waals surface area (Å²) in [6.07, 6.45) is 3.10. The molecule has 0 saturated heterocycles. The van der Waals surface area contributed by atoms with Gasteiger partial charge >= 0.3 is 0 Å². The third-order valence-electron chi connectivity index (χ3n) is 11.9. The maximum Gasteiger partial charge on any atom is 0.239 e. The number of carbonyl (C=O) groups is 2. The number of rotatable bonds is 14. The molecule has 1 fully saturated rings. The Kier molecular flexibility index (Phi) is 11.6. The maximum absolute atomic E-state index is 16.3. The molecule has 0 aliphatic heterocycles. The van der Waals surface area contributed by atoms with Crippen LogP contribution in [0.3, 0.4) is 0 Å². The van der Waals surface area contributed by atoms with Gasteiger partial charge in [0.05, 0.1) is 12.1 Å². The number of nitrogens with zero attached hydrogens (tertiary/aromatic N) is 1. The minimum atomic E-state index is -1.84. The lowest BCUT2D eigenvalue weighted by Crippen LogP contribution is -2.67. The molecule has 0 aromatic heterocycles. The van der Waals surface area contributed by atoms with Crippen molar-refractivity contribution in [1.82, 2.24) is 4.90 Å². The van der Waals surface area contributed by atoms with E-state index in [1.165, 1.54) is 0 Å². The van der Waals surface area contributed by atoms with E-state index in [1.807, 2.05) is 182 Å². The van der Waals surface area contributed by atoms with Gasteiger partial charge in [-0.3, -0.25) is 9.59 Å².